The summed E-state index contributed by atoms with van der Waals surface area (Å²) in [7, 11) is 3.43. The Bertz CT molecular complexity index is 573. The van der Waals surface area contributed by atoms with Crippen molar-refractivity contribution >= 4 is 11.2 Å². The highest BCUT2D eigenvalue weighted by Gasteiger charge is 2.06. The highest BCUT2D eigenvalue weighted by molar-refractivity contribution is 5.68. The molecule has 0 aliphatic carbocycles. The molecule has 2 aromatic heterocycles. The van der Waals surface area contributed by atoms with E-state index in [4.69, 9.17) is 5.41 Å². The Balaban J connectivity index is 3.19. The molecule has 0 aliphatic rings. The first-order valence-corrected chi connectivity index (χ1v) is 3.76. The number of aromatic amines is 1. The monoisotopic (exact) mass is 179 g/mol. The molecule has 2 rings (SSSR count). The van der Waals surface area contributed by atoms with Gasteiger partial charge in [-0.25, -0.2) is 9.78 Å². The predicted molar refractivity (Wildman–Crippen MR) is 46.2 cm³/mol. The maximum absolute atomic E-state index is 11.2. The number of nitrogens with one attached hydrogen (secondary N) is 2. The molecule has 0 radical (unpaired) electrons. The molecular formula is C7H9N5O. The second kappa shape index (κ2) is 2.32. The first-order valence-electron chi connectivity index (χ1n) is 3.76. The third-order valence-electron chi connectivity index (χ3n) is 2.01. The van der Waals surface area contributed by atoms with Gasteiger partial charge in [-0.1, -0.05) is 0 Å². The molecule has 0 fully saturated rings. The summed E-state index contributed by atoms with van der Waals surface area (Å²) >= 11 is 0. The van der Waals surface area contributed by atoms with Crippen molar-refractivity contribution in [3.05, 3.63) is 22.3 Å². The summed E-state index contributed by atoms with van der Waals surface area (Å²) in [6.07, 6.45) is 1.51. The molecule has 2 N–H and O–H groups in total. The van der Waals surface area contributed by atoms with Crippen LogP contribution in [-0.4, -0.2) is 19.1 Å². The van der Waals surface area contributed by atoms with Crippen LogP contribution in [-0.2, 0) is 14.1 Å². The van der Waals surface area contributed by atoms with Gasteiger partial charge in [-0.3, -0.25) is 9.98 Å². The summed E-state index contributed by atoms with van der Waals surface area (Å²) < 4.78 is 3.15. The van der Waals surface area contributed by atoms with Gasteiger partial charge >= 0.3 is 5.69 Å². The van der Waals surface area contributed by atoms with E-state index in [1.165, 1.54) is 10.9 Å². The molecule has 0 bridgehead atoms. The summed E-state index contributed by atoms with van der Waals surface area (Å²) in [5.41, 5.74) is 1.00. The van der Waals surface area contributed by atoms with Crippen LogP contribution < -0.4 is 11.2 Å². The van der Waals surface area contributed by atoms with E-state index in [0.29, 0.717) is 11.2 Å². The smallest absolute Gasteiger partial charge is 0.320 e. The molecule has 2 aromatic rings. The Hall–Kier alpha value is -1.85. The van der Waals surface area contributed by atoms with Crippen LogP contribution >= 0.6 is 0 Å². The minimum Gasteiger partial charge on any atom is -0.320 e. The molecule has 0 amide bonds. The lowest BCUT2D eigenvalue weighted by molar-refractivity contribution is 0.807. The van der Waals surface area contributed by atoms with Crippen molar-refractivity contribution < 1.29 is 0 Å². The van der Waals surface area contributed by atoms with E-state index in [2.05, 4.69) is 9.97 Å². The fourth-order valence-electron chi connectivity index (χ4n) is 1.35. The maximum Gasteiger partial charge on any atom is 0.327 e. The first-order chi connectivity index (χ1) is 6.11. The predicted octanol–water partition coefficient (Wildman–Crippen LogP) is -0.920. The SMILES string of the molecule is Cn1cnc(=N)c2[nH]c(=O)n(C)c21. The number of rotatable bonds is 0. The number of imidazole rings is 1. The van der Waals surface area contributed by atoms with Gasteiger partial charge in [0.25, 0.3) is 0 Å². The molecule has 0 unspecified atom stereocenters. The van der Waals surface area contributed by atoms with Crippen LogP contribution in [0.2, 0.25) is 0 Å². The second-order valence-electron chi connectivity index (χ2n) is 2.89. The minimum absolute atomic E-state index is 0.0887. The molecule has 0 aromatic carbocycles. The largest absolute Gasteiger partial charge is 0.327 e. The summed E-state index contributed by atoms with van der Waals surface area (Å²) in [5, 5.41) is 7.46. The average Bonchev–Trinajstić information content (AvgIpc) is 2.38. The summed E-state index contributed by atoms with van der Waals surface area (Å²) in [6, 6.07) is 0. The van der Waals surface area contributed by atoms with Gasteiger partial charge in [0.2, 0.25) is 0 Å². The molecule has 2 heterocycles. The normalized spacial score (nSPS) is 10.9. The zero-order chi connectivity index (χ0) is 9.59. The molecule has 13 heavy (non-hydrogen) atoms. The van der Waals surface area contributed by atoms with Gasteiger partial charge in [0.05, 0.1) is 6.33 Å². The third-order valence-corrected chi connectivity index (χ3v) is 2.01. The van der Waals surface area contributed by atoms with E-state index in [1.807, 2.05) is 0 Å². The van der Waals surface area contributed by atoms with Crippen molar-refractivity contribution in [3.63, 3.8) is 0 Å². The molecule has 0 aliphatic heterocycles. The summed E-state index contributed by atoms with van der Waals surface area (Å²) in [6.45, 7) is 0. The number of aryl methyl sites for hydroxylation is 2. The maximum atomic E-state index is 11.2. The Morgan fingerprint density at radius 1 is 1.54 bits per heavy atom. The number of H-pyrrole nitrogens is 1. The fourth-order valence-corrected chi connectivity index (χ4v) is 1.35. The van der Waals surface area contributed by atoms with Gasteiger partial charge in [-0.15, -0.1) is 0 Å². The van der Waals surface area contributed by atoms with Crippen molar-refractivity contribution in [3.8, 4) is 0 Å². The number of hydrogen-bond acceptors (Lipinski definition) is 3. The van der Waals surface area contributed by atoms with E-state index in [9.17, 15) is 4.79 Å². The molecule has 68 valence electrons. The zero-order valence-corrected chi connectivity index (χ0v) is 7.33. The lowest BCUT2D eigenvalue weighted by atomic mass is 10.5. The van der Waals surface area contributed by atoms with Crippen LogP contribution in [0.15, 0.2) is 11.1 Å². The van der Waals surface area contributed by atoms with E-state index < -0.39 is 0 Å². The van der Waals surface area contributed by atoms with Gasteiger partial charge < -0.3 is 9.55 Å². The fraction of sp³-hybridized carbons (Fsp3) is 0.286. The van der Waals surface area contributed by atoms with Crippen LogP contribution in [0.1, 0.15) is 0 Å². The molecular weight excluding hydrogens is 170 g/mol. The quantitative estimate of drug-likeness (QED) is 0.548. The van der Waals surface area contributed by atoms with Crippen molar-refractivity contribution in [2.45, 2.75) is 0 Å². The van der Waals surface area contributed by atoms with Crippen molar-refractivity contribution in [2.24, 2.45) is 14.1 Å². The van der Waals surface area contributed by atoms with E-state index in [1.54, 1.807) is 18.7 Å². The van der Waals surface area contributed by atoms with Gasteiger partial charge in [0, 0.05) is 14.1 Å². The van der Waals surface area contributed by atoms with Gasteiger partial charge in [-0.2, -0.15) is 0 Å². The van der Waals surface area contributed by atoms with Gasteiger partial charge in [0.1, 0.15) is 11.2 Å². The molecule has 0 saturated heterocycles. The number of nitrogens with zero attached hydrogens (tertiary/aromatic N) is 3. The summed E-state index contributed by atoms with van der Waals surface area (Å²) in [5.74, 6) is 0. The number of aromatic nitrogens is 4. The lowest BCUT2D eigenvalue weighted by Gasteiger charge is -2.00. The second-order valence-corrected chi connectivity index (χ2v) is 2.89. The van der Waals surface area contributed by atoms with Crippen molar-refractivity contribution in [2.75, 3.05) is 0 Å². The van der Waals surface area contributed by atoms with E-state index in [-0.39, 0.29) is 11.2 Å². The van der Waals surface area contributed by atoms with Crippen LogP contribution in [0.25, 0.3) is 11.2 Å². The number of hydrogen-bond donors (Lipinski definition) is 2. The zero-order valence-electron chi connectivity index (χ0n) is 7.33. The van der Waals surface area contributed by atoms with Crippen LogP contribution in [0.3, 0.4) is 0 Å². The van der Waals surface area contributed by atoms with E-state index in [0.717, 1.165) is 0 Å². The standard InChI is InChI=1S/C7H9N5O/c1-11-3-9-5(8)4-6(11)12(2)7(13)10-4/h3,8H,1-2H3,(H,10,13). The Labute approximate surface area is 73.0 Å². The Morgan fingerprint density at radius 3 is 2.85 bits per heavy atom. The minimum atomic E-state index is -0.230. The van der Waals surface area contributed by atoms with E-state index >= 15 is 0 Å². The van der Waals surface area contributed by atoms with Gasteiger partial charge in [-0.05, 0) is 0 Å². The van der Waals surface area contributed by atoms with Gasteiger partial charge in [0.15, 0.2) is 5.49 Å². The van der Waals surface area contributed by atoms with Crippen LogP contribution in [0.5, 0.6) is 0 Å². The average molecular weight is 179 g/mol. The topological polar surface area (TPSA) is 79.5 Å². The Kier molecular flexibility index (Phi) is 1.39. The molecule has 0 atom stereocenters. The highest BCUT2D eigenvalue weighted by atomic mass is 16.1. The third kappa shape index (κ3) is 0.915. The van der Waals surface area contributed by atoms with Crippen LogP contribution in [0, 0.1) is 5.41 Å². The molecule has 6 nitrogen and oxygen atoms in total. The van der Waals surface area contributed by atoms with Crippen LogP contribution in [0.4, 0.5) is 0 Å². The van der Waals surface area contributed by atoms with Crippen molar-refractivity contribution in [1.29, 1.82) is 5.41 Å². The molecule has 6 heteroatoms. The molecule has 0 spiro atoms. The molecule has 0 saturated carbocycles. The highest BCUT2D eigenvalue weighted by Crippen LogP contribution is 1.99. The lowest BCUT2D eigenvalue weighted by Crippen LogP contribution is -2.14. The summed E-state index contributed by atoms with van der Waals surface area (Å²) in [4.78, 5) is 17.6. The Morgan fingerprint density at radius 2 is 2.23 bits per heavy atom. The van der Waals surface area contributed by atoms with Crippen molar-refractivity contribution in [1.82, 2.24) is 19.1 Å². The number of fused-ring (bicyclic) bond motifs is 1. The first kappa shape index (κ1) is 7.78.